The summed E-state index contributed by atoms with van der Waals surface area (Å²) >= 11 is 0. The number of hydrogen-bond donors (Lipinski definition) is 1. The smallest absolute Gasteiger partial charge is 0.416 e. The van der Waals surface area contributed by atoms with Gasteiger partial charge in [0, 0.05) is 28.4 Å². The molecule has 4 nitrogen and oxygen atoms in total. The molecule has 0 saturated heterocycles. The van der Waals surface area contributed by atoms with Gasteiger partial charge in [0.2, 0.25) is 0 Å². The van der Waals surface area contributed by atoms with Crippen LogP contribution in [0.4, 0.5) is 13.2 Å². The number of rotatable bonds is 5. The van der Waals surface area contributed by atoms with Gasteiger partial charge in [-0.25, -0.2) is 0 Å². The van der Waals surface area contributed by atoms with E-state index in [1.165, 1.54) is 6.07 Å². The van der Waals surface area contributed by atoms with Gasteiger partial charge in [0.15, 0.2) is 0 Å². The Bertz CT molecular complexity index is 993. The van der Waals surface area contributed by atoms with Crippen molar-refractivity contribution in [1.29, 1.82) is 0 Å². The highest BCUT2D eigenvalue weighted by atomic mass is 19.4. The number of nitrogens with one attached hydrogen (secondary N) is 1. The molecule has 152 valence electrons. The minimum Gasteiger partial charge on any atom is -0.545 e. The Labute approximate surface area is 166 Å². The lowest BCUT2D eigenvalue weighted by molar-refractivity contribution is -0.299. The van der Waals surface area contributed by atoms with Gasteiger partial charge in [0.05, 0.1) is 11.5 Å². The molecule has 0 fully saturated rings. The number of aliphatic carboxylic acids is 1. The third-order valence-corrected chi connectivity index (χ3v) is 4.64. The second kappa shape index (κ2) is 8.03. The molecule has 3 rings (SSSR count). The van der Waals surface area contributed by atoms with Gasteiger partial charge in [-0.3, -0.25) is 0 Å². The Morgan fingerprint density at radius 3 is 2.55 bits per heavy atom. The van der Waals surface area contributed by atoms with Crippen LogP contribution in [0.1, 0.15) is 36.5 Å². The number of carboxylic acids is 1. The van der Waals surface area contributed by atoms with Crippen LogP contribution < -0.4 is 15.2 Å². The SMILES string of the molecule is CC1=CC(c2ccccc2OCc2cccc(C(F)(F)F)c2)C(C(=O)[O-])=C(C)N1. The monoisotopic (exact) mass is 402 g/mol. The average Bonchev–Trinajstić information content (AvgIpc) is 2.65. The van der Waals surface area contributed by atoms with Crippen LogP contribution in [0.15, 0.2) is 71.6 Å². The number of benzene rings is 2. The lowest BCUT2D eigenvalue weighted by atomic mass is 9.86. The number of ether oxygens (including phenoxy) is 1. The minimum absolute atomic E-state index is 0.0854. The molecule has 2 aromatic rings. The predicted octanol–water partition coefficient (Wildman–Crippen LogP) is 3.90. The summed E-state index contributed by atoms with van der Waals surface area (Å²) in [6.45, 7) is 3.38. The first kappa shape index (κ1) is 20.5. The Morgan fingerprint density at radius 2 is 1.86 bits per heavy atom. The molecule has 0 spiro atoms. The average molecular weight is 402 g/mol. The molecule has 0 saturated carbocycles. The van der Waals surface area contributed by atoms with E-state index in [2.05, 4.69) is 5.32 Å². The van der Waals surface area contributed by atoms with Crippen molar-refractivity contribution in [2.24, 2.45) is 0 Å². The molecule has 0 bridgehead atoms. The van der Waals surface area contributed by atoms with Gasteiger partial charge in [0.1, 0.15) is 12.4 Å². The van der Waals surface area contributed by atoms with E-state index in [0.29, 0.717) is 22.6 Å². The van der Waals surface area contributed by atoms with Crippen LogP contribution in [-0.2, 0) is 17.6 Å². The topological polar surface area (TPSA) is 61.4 Å². The number of dihydropyridines is 1. The number of allylic oxidation sites excluding steroid dienone is 3. The molecule has 1 heterocycles. The van der Waals surface area contributed by atoms with Gasteiger partial charge in [-0.2, -0.15) is 13.2 Å². The van der Waals surface area contributed by atoms with E-state index in [0.717, 1.165) is 17.8 Å². The van der Waals surface area contributed by atoms with E-state index in [9.17, 15) is 23.1 Å². The second-order valence-electron chi connectivity index (χ2n) is 6.80. The molecule has 29 heavy (non-hydrogen) atoms. The fourth-order valence-corrected chi connectivity index (χ4v) is 3.36. The Hall–Kier alpha value is -3.22. The summed E-state index contributed by atoms with van der Waals surface area (Å²) in [6, 6.07) is 11.8. The molecule has 2 aromatic carbocycles. The van der Waals surface area contributed by atoms with E-state index >= 15 is 0 Å². The maximum absolute atomic E-state index is 12.9. The van der Waals surface area contributed by atoms with Crippen LogP contribution >= 0.6 is 0 Å². The summed E-state index contributed by atoms with van der Waals surface area (Å²) in [5, 5.41) is 14.7. The lowest BCUT2D eigenvalue weighted by Crippen LogP contribution is -2.33. The van der Waals surface area contributed by atoms with Crippen LogP contribution in [0, 0.1) is 0 Å². The quantitative estimate of drug-likeness (QED) is 0.824. The van der Waals surface area contributed by atoms with Gasteiger partial charge in [-0.15, -0.1) is 0 Å². The van der Waals surface area contributed by atoms with E-state index in [4.69, 9.17) is 4.74 Å². The van der Waals surface area contributed by atoms with Crippen LogP contribution in [0.5, 0.6) is 5.75 Å². The Morgan fingerprint density at radius 1 is 1.14 bits per heavy atom. The van der Waals surface area contributed by atoms with Gasteiger partial charge in [-0.1, -0.05) is 36.4 Å². The van der Waals surface area contributed by atoms with Crippen LogP contribution in [-0.4, -0.2) is 5.97 Å². The summed E-state index contributed by atoms with van der Waals surface area (Å²) < 4.78 is 44.5. The van der Waals surface area contributed by atoms with Gasteiger partial charge < -0.3 is 20.0 Å². The van der Waals surface area contributed by atoms with Gasteiger partial charge >= 0.3 is 6.18 Å². The number of alkyl halides is 3. The van der Waals surface area contributed by atoms with Gasteiger partial charge in [-0.05, 0) is 37.6 Å². The maximum atomic E-state index is 12.9. The van der Waals surface area contributed by atoms with Crippen molar-refractivity contribution < 1.29 is 27.8 Å². The minimum atomic E-state index is -4.43. The summed E-state index contributed by atoms with van der Waals surface area (Å²) in [7, 11) is 0. The predicted molar refractivity (Wildman–Crippen MR) is 99.6 cm³/mol. The van der Waals surface area contributed by atoms with Crippen molar-refractivity contribution in [3.8, 4) is 5.75 Å². The molecular weight excluding hydrogens is 383 g/mol. The lowest BCUT2D eigenvalue weighted by Gasteiger charge is -2.28. The standard InChI is InChI=1S/C22H20F3NO3/c1-13-10-18(20(21(27)28)14(2)26-13)17-8-3-4-9-19(17)29-12-15-6-5-7-16(11-15)22(23,24)25/h3-11,18,26H,12H2,1-2H3,(H,27,28)/p-1. The zero-order valence-corrected chi connectivity index (χ0v) is 15.8. The first-order valence-corrected chi connectivity index (χ1v) is 8.92. The molecule has 7 heteroatoms. The highest BCUT2D eigenvalue weighted by Crippen LogP contribution is 2.37. The van der Waals surface area contributed by atoms with E-state index in [1.54, 1.807) is 43.3 Å². The Balaban J connectivity index is 1.90. The third kappa shape index (κ3) is 4.62. The van der Waals surface area contributed by atoms with Crippen molar-refractivity contribution in [1.82, 2.24) is 5.32 Å². The maximum Gasteiger partial charge on any atom is 0.416 e. The number of halogens is 3. The first-order valence-electron chi connectivity index (χ1n) is 8.92. The fourth-order valence-electron chi connectivity index (χ4n) is 3.36. The zero-order valence-electron chi connectivity index (χ0n) is 15.8. The van der Waals surface area contributed by atoms with Crippen LogP contribution in [0.2, 0.25) is 0 Å². The summed E-state index contributed by atoms with van der Waals surface area (Å²) in [5.41, 5.74) is 1.55. The van der Waals surface area contributed by atoms with Gasteiger partial charge in [0.25, 0.3) is 0 Å². The van der Waals surface area contributed by atoms with Crippen molar-refractivity contribution >= 4 is 5.97 Å². The molecular formula is C22H19F3NO3-. The fraction of sp³-hybridized carbons (Fsp3) is 0.227. The molecule has 0 aromatic heterocycles. The number of para-hydroxylation sites is 1. The summed E-state index contributed by atoms with van der Waals surface area (Å²) in [6.07, 6.45) is -2.68. The van der Waals surface area contributed by atoms with E-state index < -0.39 is 23.6 Å². The molecule has 1 unspecified atom stereocenters. The van der Waals surface area contributed by atoms with Crippen molar-refractivity contribution in [3.63, 3.8) is 0 Å². The number of carbonyl (C=O) groups excluding carboxylic acids is 1. The highest BCUT2D eigenvalue weighted by molar-refractivity contribution is 5.89. The molecule has 0 aliphatic carbocycles. The van der Waals surface area contributed by atoms with E-state index in [1.807, 2.05) is 6.92 Å². The second-order valence-corrected chi connectivity index (χ2v) is 6.80. The first-order chi connectivity index (χ1) is 13.7. The molecule has 1 atom stereocenters. The number of carboxylic acid groups (broad SMARTS) is 1. The Kier molecular flexibility index (Phi) is 5.68. The molecule has 1 aliphatic heterocycles. The van der Waals surface area contributed by atoms with Crippen LogP contribution in [0.3, 0.4) is 0 Å². The number of carbonyl (C=O) groups is 1. The molecule has 1 N–H and O–H groups in total. The zero-order chi connectivity index (χ0) is 21.2. The molecule has 1 aliphatic rings. The summed E-state index contributed by atoms with van der Waals surface area (Å²) in [5.74, 6) is -1.50. The highest BCUT2D eigenvalue weighted by Gasteiger charge is 2.30. The van der Waals surface area contributed by atoms with E-state index in [-0.39, 0.29) is 12.2 Å². The molecule has 0 radical (unpaired) electrons. The largest absolute Gasteiger partial charge is 0.545 e. The third-order valence-electron chi connectivity index (χ3n) is 4.64. The normalized spacial score (nSPS) is 16.9. The summed E-state index contributed by atoms with van der Waals surface area (Å²) in [4.78, 5) is 11.7. The van der Waals surface area contributed by atoms with Crippen molar-refractivity contribution in [2.75, 3.05) is 0 Å². The number of hydrogen-bond acceptors (Lipinski definition) is 4. The van der Waals surface area contributed by atoms with Crippen molar-refractivity contribution in [3.05, 3.63) is 88.3 Å². The molecule has 0 amide bonds. The van der Waals surface area contributed by atoms with Crippen LogP contribution in [0.25, 0.3) is 0 Å². The van der Waals surface area contributed by atoms with Crippen molar-refractivity contribution in [2.45, 2.75) is 32.5 Å².